The van der Waals surface area contributed by atoms with Crippen molar-refractivity contribution in [3.63, 3.8) is 0 Å². The highest BCUT2D eigenvalue weighted by Gasteiger charge is 2.06. The molecule has 11 heavy (non-hydrogen) atoms. The van der Waals surface area contributed by atoms with Crippen LogP contribution in [0.5, 0.6) is 0 Å². The van der Waals surface area contributed by atoms with Gasteiger partial charge in [-0.15, -0.1) is 0 Å². The summed E-state index contributed by atoms with van der Waals surface area (Å²) in [6.45, 7) is 1.79. The topological polar surface area (TPSA) is 36.7 Å². The van der Waals surface area contributed by atoms with Crippen molar-refractivity contribution >= 4 is 27.5 Å². The van der Waals surface area contributed by atoms with E-state index in [1.165, 1.54) is 6.20 Å². The van der Waals surface area contributed by atoms with Gasteiger partial charge in [-0.1, -0.05) is 11.6 Å². The number of hydrogen-bond donors (Lipinski definition) is 0. The minimum atomic E-state index is 0.498. The lowest BCUT2D eigenvalue weighted by atomic mass is 10.2. The van der Waals surface area contributed by atoms with Crippen LogP contribution in [0.25, 0.3) is 0 Å². The first kappa shape index (κ1) is 8.51. The van der Waals surface area contributed by atoms with E-state index >= 15 is 0 Å². The van der Waals surface area contributed by atoms with E-state index in [9.17, 15) is 0 Å². The summed E-state index contributed by atoms with van der Waals surface area (Å²) >= 11 is 8.88. The predicted octanol–water partition coefficient (Wildman–Crippen LogP) is 2.68. The maximum atomic E-state index is 8.65. The summed E-state index contributed by atoms with van der Waals surface area (Å²) < 4.78 is 0.543. The van der Waals surface area contributed by atoms with Crippen LogP contribution >= 0.6 is 27.5 Å². The molecular formula is C7H4BrClN2. The van der Waals surface area contributed by atoms with E-state index in [4.69, 9.17) is 16.9 Å². The largest absolute Gasteiger partial charge is 0.246 e. The average Bonchev–Trinajstić information content (AvgIpc) is 1.99. The van der Waals surface area contributed by atoms with Crippen LogP contribution < -0.4 is 0 Å². The molecule has 0 bridgehead atoms. The molecule has 1 heterocycles. The number of pyridine rings is 1. The molecule has 0 fully saturated rings. The fourth-order valence-electron chi connectivity index (χ4n) is 0.679. The third-order valence-corrected chi connectivity index (χ3v) is 2.32. The average molecular weight is 231 g/mol. The van der Waals surface area contributed by atoms with Gasteiger partial charge in [-0.25, -0.2) is 4.98 Å². The van der Waals surface area contributed by atoms with Crippen LogP contribution in [0.2, 0.25) is 5.02 Å². The Morgan fingerprint density at radius 3 is 2.82 bits per heavy atom. The van der Waals surface area contributed by atoms with Crippen molar-refractivity contribution in [1.82, 2.24) is 4.98 Å². The third kappa shape index (κ3) is 1.52. The second-order valence-corrected chi connectivity index (χ2v) is 3.17. The van der Waals surface area contributed by atoms with E-state index in [1.807, 2.05) is 6.07 Å². The molecule has 0 atom stereocenters. The van der Waals surface area contributed by atoms with E-state index in [-0.39, 0.29) is 0 Å². The molecule has 1 aromatic rings. The number of halogens is 2. The summed E-state index contributed by atoms with van der Waals surface area (Å²) in [5, 5.41) is 9.16. The normalized spacial score (nSPS) is 9.27. The van der Waals surface area contributed by atoms with Crippen molar-refractivity contribution in [2.75, 3.05) is 0 Å². The van der Waals surface area contributed by atoms with Gasteiger partial charge in [-0.05, 0) is 28.4 Å². The SMILES string of the molecule is Cc1c(Cl)cnc(Br)c1C#N. The van der Waals surface area contributed by atoms with Crippen molar-refractivity contribution in [2.45, 2.75) is 6.92 Å². The van der Waals surface area contributed by atoms with Gasteiger partial charge in [0.05, 0.1) is 10.6 Å². The van der Waals surface area contributed by atoms with E-state index in [0.717, 1.165) is 5.56 Å². The third-order valence-electron chi connectivity index (χ3n) is 1.34. The zero-order chi connectivity index (χ0) is 8.43. The Morgan fingerprint density at radius 2 is 2.36 bits per heavy atom. The summed E-state index contributed by atoms with van der Waals surface area (Å²) in [5.74, 6) is 0. The van der Waals surface area contributed by atoms with Crippen molar-refractivity contribution in [2.24, 2.45) is 0 Å². The lowest BCUT2D eigenvalue weighted by molar-refractivity contribution is 1.21. The minimum Gasteiger partial charge on any atom is -0.246 e. The van der Waals surface area contributed by atoms with Gasteiger partial charge in [0, 0.05) is 6.20 Å². The molecule has 0 saturated carbocycles. The Kier molecular flexibility index (Phi) is 2.48. The molecule has 0 aliphatic heterocycles. The summed E-state index contributed by atoms with van der Waals surface area (Å²) in [5.41, 5.74) is 1.26. The quantitative estimate of drug-likeness (QED) is 0.644. The lowest BCUT2D eigenvalue weighted by Crippen LogP contribution is -1.88. The Hall–Kier alpha value is -0.590. The first-order valence-corrected chi connectivity index (χ1v) is 4.04. The van der Waals surface area contributed by atoms with Gasteiger partial charge >= 0.3 is 0 Å². The van der Waals surface area contributed by atoms with Crippen molar-refractivity contribution in [3.8, 4) is 6.07 Å². The molecule has 0 amide bonds. The van der Waals surface area contributed by atoms with Gasteiger partial charge in [0.1, 0.15) is 10.7 Å². The zero-order valence-corrected chi connectivity index (χ0v) is 8.07. The molecule has 0 N–H and O–H groups in total. The van der Waals surface area contributed by atoms with Gasteiger partial charge < -0.3 is 0 Å². The fraction of sp³-hybridized carbons (Fsp3) is 0.143. The van der Waals surface area contributed by atoms with E-state index in [2.05, 4.69) is 20.9 Å². The van der Waals surface area contributed by atoms with Crippen LogP contribution in [0.3, 0.4) is 0 Å². The molecule has 56 valence electrons. The van der Waals surface area contributed by atoms with Crippen LogP contribution in [-0.2, 0) is 0 Å². The second kappa shape index (κ2) is 3.21. The maximum absolute atomic E-state index is 8.65. The molecular weight excluding hydrogens is 227 g/mol. The second-order valence-electron chi connectivity index (χ2n) is 2.01. The Bertz CT molecular complexity index is 330. The predicted molar refractivity (Wildman–Crippen MR) is 46.4 cm³/mol. The maximum Gasteiger partial charge on any atom is 0.124 e. The van der Waals surface area contributed by atoms with Gasteiger partial charge in [0.25, 0.3) is 0 Å². The standard InChI is InChI=1S/C7H4BrClN2/c1-4-5(2-10)7(8)11-3-6(4)9/h3H,1H3. The summed E-state index contributed by atoms with van der Waals surface area (Å²) in [6, 6.07) is 2.01. The Morgan fingerprint density at radius 1 is 1.73 bits per heavy atom. The van der Waals surface area contributed by atoms with Crippen molar-refractivity contribution in [1.29, 1.82) is 5.26 Å². The molecule has 0 radical (unpaired) electrons. The highest BCUT2D eigenvalue weighted by atomic mass is 79.9. The molecule has 0 aliphatic rings. The highest BCUT2D eigenvalue weighted by Crippen LogP contribution is 2.22. The number of rotatable bonds is 0. The Balaban J connectivity index is 3.44. The van der Waals surface area contributed by atoms with Crippen molar-refractivity contribution in [3.05, 3.63) is 26.9 Å². The highest BCUT2D eigenvalue weighted by molar-refractivity contribution is 9.10. The van der Waals surface area contributed by atoms with E-state index in [0.29, 0.717) is 15.2 Å². The van der Waals surface area contributed by atoms with E-state index < -0.39 is 0 Å². The number of hydrogen-bond acceptors (Lipinski definition) is 2. The van der Waals surface area contributed by atoms with Crippen molar-refractivity contribution < 1.29 is 0 Å². The molecule has 1 rings (SSSR count). The molecule has 1 aromatic heterocycles. The summed E-state index contributed by atoms with van der Waals surface area (Å²) in [6.07, 6.45) is 1.52. The number of nitriles is 1. The summed E-state index contributed by atoms with van der Waals surface area (Å²) in [4.78, 5) is 3.87. The monoisotopic (exact) mass is 230 g/mol. The molecule has 0 saturated heterocycles. The Labute approximate surface area is 77.9 Å². The molecule has 4 heteroatoms. The molecule has 0 aromatic carbocycles. The van der Waals surface area contributed by atoms with Crippen LogP contribution in [0, 0.1) is 18.3 Å². The minimum absolute atomic E-state index is 0.498. The molecule has 0 spiro atoms. The van der Waals surface area contributed by atoms with E-state index in [1.54, 1.807) is 6.92 Å². The first-order valence-electron chi connectivity index (χ1n) is 2.87. The van der Waals surface area contributed by atoms with Crippen LogP contribution in [0.15, 0.2) is 10.8 Å². The van der Waals surface area contributed by atoms with Crippen LogP contribution in [0.4, 0.5) is 0 Å². The number of nitrogens with zero attached hydrogens (tertiary/aromatic N) is 2. The zero-order valence-electron chi connectivity index (χ0n) is 5.73. The van der Waals surface area contributed by atoms with Gasteiger partial charge in [0.2, 0.25) is 0 Å². The van der Waals surface area contributed by atoms with Crippen LogP contribution in [-0.4, -0.2) is 4.98 Å². The summed E-state index contributed by atoms with van der Waals surface area (Å²) in [7, 11) is 0. The fourth-order valence-corrected chi connectivity index (χ4v) is 1.31. The molecule has 0 aliphatic carbocycles. The van der Waals surface area contributed by atoms with Crippen LogP contribution in [0.1, 0.15) is 11.1 Å². The smallest absolute Gasteiger partial charge is 0.124 e. The number of aromatic nitrogens is 1. The molecule has 2 nitrogen and oxygen atoms in total. The first-order chi connectivity index (χ1) is 5.16. The lowest BCUT2D eigenvalue weighted by Gasteiger charge is -1.99. The molecule has 0 unspecified atom stereocenters. The van der Waals surface area contributed by atoms with Gasteiger partial charge in [0.15, 0.2) is 0 Å². The van der Waals surface area contributed by atoms with Gasteiger partial charge in [-0.3, -0.25) is 0 Å². The van der Waals surface area contributed by atoms with Gasteiger partial charge in [-0.2, -0.15) is 5.26 Å².